The lowest BCUT2D eigenvalue weighted by Crippen LogP contribution is -2.81. The van der Waals surface area contributed by atoms with Crippen LogP contribution in [0, 0.1) is 126 Å². The van der Waals surface area contributed by atoms with Gasteiger partial charge < -0.3 is 0 Å². The Kier molecular flexibility index (Phi) is 12.7. The summed E-state index contributed by atoms with van der Waals surface area (Å²) in [5, 5.41) is 12.5. The quantitative estimate of drug-likeness (QED) is 0.0305. The first-order valence-electron chi connectivity index (χ1n) is 17.3. The van der Waals surface area contributed by atoms with Gasteiger partial charge in [0.25, 0.3) is 5.69 Å². The van der Waals surface area contributed by atoms with E-state index >= 15 is 35.1 Å². The summed E-state index contributed by atoms with van der Waals surface area (Å²) in [4.78, 5) is 10.6. The van der Waals surface area contributed by atoms with Gasteiger partial charge in [-0.2, -0.15) is 0 Å². The molecule has 0 unspecified atom stereocenters. The third kappa shape index (κ3) is 7.40. The maximum absolute atomic E-state index is 15.4. The number of pyridine rings is 1. The minimum Gasteiger partial charge on any atom is -0.258 e. The number of aromatic nitrogens is 1. The molecule has 0 aliphatic heterocycles. The van der Waals surface area contributed by atoms with E-state index in [2.05, 4.69) is 12.1 Å². The van der Waals surface area contributed by atoms with Gasteiger partial charge in [-0.05, 0) is 6.07 Å². The number of rotatable bonds is 7. The van der Waals surface area contributed by atoms with Crippen molar-refractivity contribution in [2.24, 2.45) is 0 Å². The van der Waals surface area contributed by atoms with Gasteiger partial charge in [-0.25, -0.2) is 92.4 Å². The van der Waals surface area contributed by atoms with E-state index < -0.39 is 144 Å². The first-order valence-corrected chi connectivity index (χ1v) is 17.3. The Hall–Kier alpha value is -7.21. The Balaban J connectivity index is 0.000000289. The summed E-state index contributed by atoms with van der Waals surface area (Å²) in [6, 6.07) is 17.0. The van der Waals surface area contributed by atoms with E-state index in [1.165, 1.54) is 11.6 Å². The molecular weight excluding hydrogens is 931 g/mol. The topological polar surface area (TPSA) is 47.0 Å². The monoisotopic (exact) mass is 944 g/mol. The molecule has 65 heavy (non-hydrogen) atoms. The van der Waals surface area contributed by atoms with Crippen molar-refractivity contribution < 1.29 is 97.3 Å². The minimum atomic E-state index is -7.22. The van der Waals surface area contributed by atoms with Crippen LogP contribution < -0.4 is 26.4 Å². The van der Waals surface area contributed by atoms with E-state index in [1.54, 1.807) is 12.1 Å². The minimum absolute atomic E-state index is 0.148. The Labute approximate surface area is 347 Å². The average molecular weight is 944 g/mol. The molecule has 1 aromatic heterocycles. The second-order valence-corrected chi connectivity index (χ2v) is 13.4. The highest BCUT2D eigenvalue weighted by molar-refractivity contribution is 7.20. The van der Waals surface area contributed by atoms with Crippen LogP contribution in [-0.4, -0.2) is 11.1 Å². The Morgan fingerprint density at radius 1 is 0.400 bits per heavy atom. The first kappa shape index (κ1) is 47.3. The van der Waals surface area contributed by atoms with Crippen molar-refractivity contribution in [3.05, 3.63) is 199 Å². The largest absolute Gasteiger partial charge is 0.277 e. The highest BCUT2D eigenvalue weighted by Gasteiger charge is 2.52. The SMILES string of the molecule is Fc1c(F)c(F)c([B-](c2c(F)c(F)c(F)c(F)c2F)(c2c(F)c(F)c(F)c(F)c2F)c2c(F)c(F)c(F)c(F)c2F)c(F)c1F.O=[N+]([O-])c1cccc2c[n+](Cc3ccccc3)ccc12. The van der Waals surface area contributed by atoms with Crippen molar-refractivity contribution in [3.8, 4) is 0 Å². The first-order chi connectivity index (χ1) is 30.4. The second-order valence-electron chi connectivity index (χ2n) is 13.4. The lowest BCUT2D eigenvalue weighted by molar-refractivity contribution is -0.687. The lowest BCUT2D eigenvalue weighted by atomic mass is 9.12. The van der Waals surface area contributed by atoms with Gasteiger partial charge in [-0.3, -0.25) is 10.1 Å². The van der Waals surface area contributed by atoms with Gasteiger partial charge in [0.05, 0.1) is 15.7 Å². The van der Waals surface area contributed by atoms with E-state index in [9.17, 15) is 62.8 Å². The molecule has 0 bridgehead atoms. The Morgan fingerprint density at radius 3 is 1.02 bits per heavy atom. The highest BCUT2D eigenvalue weighted by atomic mass is 19.2. The average Bonchev–Trinajstić information content (AvgIpc) is 3.29. The van der Waals surface area contributed by atoms with Gasteiger partial charge in [0.1, 0.15) is 52.7 Å². The summed E-state index contributed by atoms with van der Waals surface area (Å²) in [5.74, 6) is -71.4. The lowest BCUT2D eigenvalue weighted by Gasteiger charge is -2.44. The predicted octanol–water partition coefficient (Wildman–Crippen LogP) is 8.93. The molecule has 0 radical (unpaired) electrons. The molecule has 4 nitrogen and oxygen atoms in total. The molecule has 0 fully saturated rings. The fourth-order valence-corrected chi connectivity index (χ4v) is 7.18. The van der Waals surface area contributed by atoms with Gasteiger partial charge >= 0.3 is 0 Å². The van der Waals surface area contributed by atoms with Crippen molar-refractivity contribution in [2.45, 2.75) is 6.54 Å². The highest BCUT2D eigenvalue weighted by Crippen LogP contribution is 2.31. The van der Waals surface area contributed by atoms with Crippen molar-refractivity contribution in [1.82, 2.24) is 0 Å². The zero-order chi connectivity index (χ0) is 48.3. The molecule has 1 heterocycles. The molecule has 0 saturated carbocycles. The number of hydrogen-bond acceptors (Lipinski definition) is 2. The van der Waals surface area contributed by atoms with Gasteiger partial charge in [-0.15, -0.1) is 21.9 Å². The standard InChI is InChI=1S/C24BF20.C16H13N2O2/c26-5-1(6(27)14(35)21(42)13(5)34)25(2-7(28)15(36)22(43)16(37)8(2)29,3-9(30)17(38)23(44)18(39)10(3)31)4-11(32)19(40)24(45)20(41)12(4)33;19-18(20)16-8-4-7-14-12-17(10-9-15(14)16)11-13-5-2-1-3-6-13/h;1-10,12H,11H2/q-1;+1. The molecule has 0 N–H and O–H groups in total. The summed E-state index contributed by atoms with van der Waals surface area (Å²) in [5.41, 5.74) is -13.0. The van der Waals surface area contributed by atoms with E-state index in [1.807, 2.05) is 41.2 Å². The number of hydrogen-bond donors (Lipinski definition) is 0. The van der Waals surface area contributed by atoms with E-state index in [-0.39, 0.29) is 10.6 Å². The van der Waals surface area contributed by atoms with E-state index in [4.69, 9.17) is 0 Å². The number of non-ortho nitro benzene ring substituents is 1. The molecule has 0 aliphatic carbocycles. The number of halogens is 20. The third-order valence-corrected chi connectivity index (χ3v) is 9.97. The summed E-state index contributed by atoms with van der Waals surface area (Å²) in [6.07, 6.45) is -3.40. The Bertz CT molecular complexity index is 2740. The number of benzene rings is 6. The maximum Gasteiger partial charge on any atom is 0.277 e. The van der Waals surface area contributed by atoms with Crippen LogP contribution >= 0.6 is 0 Å². The smallest absolute Gasteiger partial charge is 0.258 e. The molecular formula is C40H13BF20N2O2. The van der Waals surface area contributed by atoms with Crippen LogP contribution in [0.15, 0.2) is 67.0 Å². The van der Waals surface area contributed by atoms with Crippen molar-refractivity contribution in [3.63, 3.8) is 0 Å². The molecule has 0 saturated heterocycles. The maximum atomic E-state index is 15.4. The van der Waals surface area contributed by atoms with Gasteiger partial charge in [0.15, 0.2) is 88.7 Å². The molecule has 338 valence electrons. The van der Waals surface area contributed by atoms with Gasteiger partial charge in [0, 0.05) is 17.7 Å². The Morgan fingerprint density at radius 2 is 0.708 bits per heavy atom. The van der Waals surface area contributed by atoms with Crippen LogP contribution in [0.2, 0.25) is 0 Å². The van der Waals surface area contributed by atoms with Crippen molar-refractivity contribution in [2.75, 3.05) is 0 Å². The summed E-state index contributed by atoms with van der Waals surface area (Å²) in [7, 11) is 0. The molecule has 0 atom stereocenters. The number of nitro benzene ring substituents is 1. The zero-order valence-corrected chi connectivity index (χ0v) is 30.9. The van der Waals surface area contributed by atoms with Crippen molar-refractivity contribution >= 4 is 44.5 Å². The molecule has 25 heteroatoms. The van der Waals surface area contributed by atoms with Crippen LogP contribution in [0.25, 0.3) is 10.8 Å². The summed E-state index contributed by atoms with van der Waals surface area (Å²) >= 11 is 0. The van der Waals surface area contributed by atoms with Crippen molar-refractivity contribution in [1.29, 1.82) is 0 Å². The van der Waals surface area contributed by atoms with Crippen LogP contribution in [-0.2, 0) is 6.54 Å². The molecule has 7 aromatic rings. The predicted molar refractivity (Wildman–Crippen MR) is 186 cm³/mol. The van der Waals surface area contributed by atoms with E-state index in [0.29, 0.717) is 5.39 Å². The van der Waals surface area contributed by atoms with Crippen LogP contribution in [0.5, 0.6) is 0 Å². The number of nitrogens with zero attached hydrogens (tertiary/aromatic N) is 2. The number of nitro groups is 1. The van der Waals surface area contributed by atoms with Crippen LogP contribution in [0.4, 0.5) is 93.5 Å². The van der Waals surface area contributed by atoms with Gasteiger partial charge in [0.2, 0.25) is 0 Å². The van der Waals surface area contributed by atoms with E-state index in [0.717, 1.165) is 11.9 Å². The number of fused-ring (bicyclic) bond motifs is 1. The summed E-state index contributed by atoms with van der Waals surface area (Å²) < 4.78 is 296. The second kappa shape index (κ2) is 17.4. The van der Waals surface area contributed by atoms with Gasteiger partial charge in [-0.1, -0.05) is 36.4 Å². The zero-order valence-electron chi connectivity index (χ0n) is 30.9. The molecule has 7 rings (SSSR count). The summed E-state index contributed by atoms with van der Waals surface area (Å²) in [6.45, 7) is 0.749. The van der Waals surface area contributed by atoms with Crippen LogP contribution in [0.3, 0.4) is 0 Å². The molecule has 0 spiro atoms. The fraction of sp³-hybridized carbons (Fsp3) is 0.0250. The molecule has 0 amide bonds. The molecule has 6 aromatic carbocycles. The normalized spacial score (nSPS) is 11.6. The fourth-order valence-electron chi connectivity index (χ4n) is 7.18. The third-order valence-electron chi connectivity index (χ3n) is 9.97. The molecule has 0 aliphatic rings. The van der Waals surface area contributed by atoms with Crippen LogP contribution in [0.1, 0.15) is 5.56 Å².